The summed E-state index contributed by atoms with van der Waals surface area (Å²) in [5.41, 5.74) is 1.06. The number of aliphatic hydroxyl groups is 1. The second-order valence-corrected chi connectivity index (χ2v) is 9.34. The van der Waals surface area contributed by atoms with Crippen LogP contribution in [0.25, 0.3) is 0 Å². The van der Waals surface area contributed by atoms with Gasteiger partial charge in [-0.2, -0.15) is 0 Å². The molecule has 0 spiro atoms. The minimum Gasteiger partial charge on any atom is -0.468 e. The first-order valence-corrected chi connectivity index (χ1v) is 11.1. The predicted octanol–water partition coefficient (Wildman–Crippen LogP) is 0.855. The number of amides is 1. The zero-order valence-corrected chi connectivity index (χ0v) is 17.9. The summed E-state index contributed by atoms with van der Waals surface area (Å²) in [7, 11) is 1.94. The fourth-order valence-corrected chi connectivity index (χ4v) is 5.63. The summed E-state index contributed by atoms with van der Waals surface area (Å²) in [5.74, 6) is 1.34. The van der Waals surface area contributed by atoms with E-state index in [0.717, 1.165) is 37.5 Å². The van der Waals surface area contributed by atoms with Gasteiger partial charge in [0, 0.05) is 49.9 Å². The number of pyridine rings is 1. The molecule has 4 atom stereocenters. The first-order valence-electron chi connectivity index (χ1n) is 11.1. The largest absolute Gasteiger partial charge is 0.468 e. The van der Waals surface area contributed by atoms with Crippen molar-refractivity contribution in [3.05, 3.63) is 57.9 Å². The fourth-order valence-electron chi connectivity index (χ4n) is 5.63. The smallest absolute Gasteiger partial charge is 0.263 e. The quantitative estimate of drug-likeness (QED) is 0.737. The van der Waals surface area contributed by atoms with Crippen LogP contribution in [0.1, 0.15) is 40.6 Å². The third-order valence-electron chi connectivity index (χ3n) is 7.12. The maximum Gasteiger partial charge on any atom is 0.263 e. The normalized spacial score (nSPS) is 28.5. The van der Waals surface area contributed by atoms with Gasteiger partial charge in [-0.1, -0.05) is 0 Å². The molecule has 2 N–H and O–H groups in total. The van der Waals surface area contributed by atoms with Gasteiger partial charge < -0.3 is 19.4 Å². The Bertz CT molecular complexity index is 1000. The van der Waals surface area contributed by atoms with Gasteiger partial charge in [0.15, 0.2) is 0 Å². The van der Waals surface area contributed by atoms with Crippen molar-refractivity contribution in [1.82, 2.24) is 19.7 Å². The van der Waals surface area contributed by atoms with Gasteiger partial charge in [-0.25, -0.2) is 0 Å². The summed E-state index contributed by atoms with van der Waals surface area (Å²) in [5, 5.41) is 12.4. The molecule has 5 rings (SSSR count). The van der Waals surface area contributed by atoms with Crippen LogP contribution in [0.2, 0.25) is 0 Å². The average Bonchev–Trinajstić information content (AvgIpc) is 3.37. The fraction of sp³-hybridized carbons (Fsp3) is 0.565. The number of furan rings is 1. The van der Waals surface area contributed by atoms with E-state index in [9.17, 15) is 14.7 Å². The number of nitrogens with zero attached hydrogens (tertiary/aromatic N) is 3. The Hall–Kier alpha value is -2.42. The van der Waals surface area contributed by atoms with Crippen LogP contribution in [-0.4, -0.2) is 70.8 Å². The van der Waals surface area contributed by atoms with Gasteiger partial charge in [0.2, 0.25) is 0 Å². The number of hydrogen-bond acceptors (Lipinski definition) is 6. The number of likely N-dealkylation sites (N-methyl/N-ethyl adjacent to an activating group) is 1. The SMILES string of the molecule is CN1C[C@H](NC(=O)c2ccc3n(c2=O)C[C@H]2C[C@@H]3CN(Cc3ccco3)C2)C[C@H]1CO. The Morgan fingerprint density at radius 2 is 2.06 bits per heavy atom. The van der Waals surface area contributed by atoms with Crippen LogP contribution in [-0.2, 0) is 13.1 Å². The molecule has 1 amide bonds. The summed E-state index contributed by atoms with van der Waals surface area (Å²) in [6.45, 7) is 4.01. The van der Waals surface area contributed by atoms with Crippen LogP contribution in [0.3, 0.4) is 0 Å². The number of hydrogen-bond donors (Lipinski definition) is 2. The monoisotopic (exact) mass is 426 g/mol. The van der Waals surface area contributed by atoms with E-state index in [2.05, 4.69) is 10.2 Å². The zero-order chi connectivity index (χ0) is 21.5. The number of fused-ring (bicyclic) bond motifs is 4. The number of piperidine rings is 1. The molecule has 0 radical (unpaired) electrons. The summed E-state index contributed by atoms with van der Waals surface area (Å²) in [4.78, 5) is 30.5. The molecule has 3 aliphatic rings. The second-order valence-electron chi connectivity index (χ2n) is 9.34. The highest BCUT2D eigenvalue weighted by Gasteiger charge is 2.36. The van der Waals surface area contributed by atoms with E-state index in [1.807, 2.05) is 34.7 Å². The van der Waals surface area contributed by atoms with Crippen LogP contribution in [0.4, 0.5) is 0 Å². The maximum absolute atomic E-state index is 13.2. The van der Waals surface area contributed by atoms with Gasteiger partial charge >= 0.3 is 0 Å². The molecule has 2 aromatic rings. The highest BCUT2D eigenvalue weighted by Crippen LogP contribution is 2.35. The van der Waals surface area contributed by atoms with Crippen LogP contribution >= 0.6 is 0 Å². The predicted molar refractivity (Wildman–Crippen MR) is 115 cm³/mol. The maximum atomic E-state index is 13.2. The van der Waals surface area contributed by atoms with Crippen molar-refractivity contribution in [2.45, 2.75) is 43.9 Å². The summed E-state index contributed by atoms with van der Waals surface area (Å²) >= 11 is 0. The molecular weight excluding hydrogens is 396 g/mol. The van der Waals surface area contributed by atoms with Crippen molar-refractivity contribution in [2.75, 3.05) is 33.3 Å². The lowest BCUT2D eigenvalue weighted by Gasteiger charge is -2.42. The van der Waals surface area contributed by atoms with Crippen molar-refractivity contribution >= 4 is 5.91 Å². The Balaban J connectivity index is 1.31. The molecule has 0 aliphatic carbocycles. The molecule has 0 aromatic carbocycles. The van der Waals surface area contributed by atoms with Crippen molar-refractivity contribution in [3.8, 4) is 0 Å². The number of nitrogens with one attached hydrogen (secondary N) is 1. The Morgan fingerprint density at radius 3 is 2.81 bits per heavy atom. The average molecular weight is 427 g/mol. The molecule has 8 heteroatoms. The van der Waals surface area contributed by atoms with Gasteiger partial charge in [-0.3, -0.25) is 19.4 Å². The van der Waals surface area contributed by atoms with Crippen molar-refractivity contribution in [1.29, 1.82) is 0 Å². The third kappa shape index (κ3) is 3.95. The third-order valence-corrected chi connectivity index (χ3v) is 7.12. The lowest BCUT2D eigenvalue weighted by atomic mass is 9.83. The van der Waals surface area contributed by atoms with Crippen molar-refractivity contribution in [2.24, 2.45) is 5.92 Å². The van der Waals surface area contributed by atoms with Crippen LogP contribution < -0.4 is 10.9 Å². The lowest BCUT2D eigenvalue weighted by Crippen LogP contribution is -2.48. The minimum atomic E-state index is -0.313. The number of carbonyl (C=O) groups excluding carboxylic acids is 1. The standard InChI is InChI=1S/C23H30N4O4/c1-25-12-17(8-18(25)14-28)24-22(29)20-4-5-21-16-7-15(10-27(21)23(20)30)9-26(11-16)13-19-3-2-6-31-19/h2-6,15-18,28H,7-14H2,1H3,(H,24,29)/t15-,16+,17+,18-/m0/s1. The number of aliphatic hydroxyl groups excluding tert-OH is 1. The molecule has 5 heterocycles. The van der Waals surface area contributed by atoms with Crippen LogP contribution in [0.5, 0.6) is 0 Å². The topological polar surface area (TPSA) is 91.0 Å². The molecule has 31 heavy (non-hydrogen) atoms. The van der Waals surface area contributed by atoms with Crippen molar-refractivity contribution < 1.29 is 14.3 Å². The summed E-state index contributed by atoms with van der Waals surface area (Å²) < 4.78 is 7.33. The minimum absolute atomic E-state index is 0.0513. The van der Waals surface area contributed by atoms with Gasteiger partial charge in [-0.15, -0.1) is 0 Å². The number of carbonyl (C=O) groups is 1. The molecule has 2 fully saturated rings. The highest BCUT2D eigenvalue weighted by molar-refractivity contribution is 5.94. The van der Waals surface area contributed by atoms with Crippen molar-refractivity contribution in [3.63, 3.8) is 0 Å². The van der Waals surface area contributed by atoms with Gasteiger partial charge in [-0.05, 0) is 50.1 Å². The molecule has 0 unspecified atom stereocenters. The molecule has 2 saturated heterocycles. The van der Waals surface area contributed by atoms with Gasteiger partial charge in [0.25, 0.3) is 11.5 Å². The van der Waals surface area contributed by atoms with Gasteiger partial charge in [0.05, 0.1) is 19.4 Å². The molecule has 2 aromatic heterocycles. The Morgan fingerprint density at radius 1 is 1.19 bits per heavy atom. The van der Waals surface area contributed by atoms with E-state index in [1.165, 1.54) is 0 Å². The van der Waals surface area contributed by atoms with E-state index in [4.69, 9.17) is 4.42 Å². The molecule has 8 nitrogen and oxygen atoms in total. The number of rotatable bonds is 5. The highest BCUT2D eigenvalue weighted by atomic mass is 16.3. The van der Waals surface area contributed by atoms with E-state index in [0.29, 0.717) is 31.3 Å². The second kappa shape index (κ2) is 8.26. The van der Waals surface area contributed by atoms with E-state index >= 15 is 0 Å². The summed E-state index contributed by atoms with van der Waals surface area (Å²) in [6.07, 6.45) is 3.48. The molecule has 166 valence electrons. The van der Waals surface area contributed by atoms with E-state index in [1.54, 1.807) is 12.3 Å². The first kappa shape index (κ1) is 20.5. The number of aromatic nitrogens is 1. The van der Waals surface area contributed by atoms with E-state index < -0.39 is 0 Å². The molecule has 2 bridgehead atoms. The molecule has 3 aliphatic heterocycles. The Kier molecular flexibility index (Phi) is 5.45. The van der Waals surface area contributed by atoms with Crippen LogP contribution in [0.15, 0.2) is 39.7 Å². The zero-order valence-electron chi connectivity index (χ0n) is 17.9. The summed E-state index contributed by atoms with van der Waals surface area (Å²) in [6, 6.07) is 7.57. The van der Waals surface area contributed by atoms with Crippen LogP contribution in [0, 0.1) is 5.92 Å². The molecule has 0 saturated carbocycles. The van der Waals surface area contributed by atoms with E-state index in [-0.39, 0.29) is 35.7 Å². The molecular formula is C23H30N4O4. The van der Waals surface area contributed by atoms with Gasteiger partial charge in [0.1, 0.15) is 11.3 Å². The number of likely N-dealkylation sites (tertiary alicyclic amines) is 2. The first-order chi connectivity index (χ1) is 15.0. The Labute approximate surface area is 181 Å². The lowest BCUT2D eigenvalue weighted by molar-refractivity contribution is 0.0929.